The summed E-state index contributed by atoms with van der Waals surface area (Å²) in [6.45, 7) is 6.00. The molecule has 0 spiro atoms. The summed E-state index contributed by atoms with van der Waals surface area (Å²) in [7, 11) is -3.43. The van der Waals surface area contributed by atoms with Gasteiger partial charge in [0.05, 0.1) is 0 Å². The Hall–Kier alpha value is -1.45. The number of rotatable bonds is 6. The third-order valence-corrected chi connectivity index (χ3v) is 6.90. The molecule has 8 nitrogen and oxygen atoms in total. The van der Waals surface area contributed by atoms with Crippen molar-refractivity contribution in [1.29, 1.82) is 0 Å². The van der Waals surface area contributed by atoms with Crippen molar-refractivity contribution in [1.82, 2.24) is 23.7 Å². The van der Waals surface area contributed by atoms with Crippen molar-refractivity contribution in [3.8, 4) is 0 Å². The van der Waals surface area contributed by atoms with Crippen molar-refractivity contribution in [3.05, 3.63) is 17.5 Å². The van der Waals surface area contributed by atoms with E-state index in [1.165, 1.54) is 8.61 Å². The van der Waals surface area contributed by atoms with E-state index in [9.17, 15) is 13.2 Å². The molecule has 1 aliphatic carbocycles. The molecule has 0 unspecified atom stereocenters. The highest BCUT2D eigenvalue weighted by atomic mass is 32.2. The average molecular weight is 355 g/mol. The second kappa shape index (κ2) is 6.81. The van der Waals surface area contributed by atoms with Gasteiger partial charge < -0.3 is 4.90 Å². The van der Waals surface area contributed by atoms with Gasteiger partial charge in [-0.1, -0.05) is 13.8 Å². The predicted octanol–water partition coefficient (Wildman–Crippen LogP) is 0.632. The summed E-state index contributed by atoms with van der Waals surface area (Å²) in [4.78, 5) is 14.2. The largest absolute Gasteiger partial charge is 0.335 e. The van der Waals surface area contributed by atoms with Gasteiger partial charge in [0.15, 0.2) is 0 Å². The topological polar surface area (TPSA) is 89.6 Å². The molecule has 1 aromatic rings. The van der Waals surface area contributed by atoms with Crippen molar-refractivity contribution in [2.45, 2.75) is 32.6 Å². The Balaban J connectivity index is 1.60. The number of hydrogen-bond donors (Lipinski definition) is 1. The minimum absolute atomic E-state index is 0.127. The lowest BCUT2D eigenvalue weighted by Gasteiger charge is -2.36. The fourth-order valence-corrected chi connectivity index (χ4v) is 4.65. The van der Waals surface area contributed by atoms with Crippen LogP contribution in [0.5, 0.6) is 0 Å². The molecule has 2 fully saturated rings. The number of carbonyl (C=O) groups is 1. The highest BCUT2D eigenvalue weighted by molar-refractivity contribution is 7.86. The Bertz CT molecular complexity index is 686. The van der Waals surface area contributed by atoms with Crippen LogP contribution in [-0.2, 0) is 10.2 Å². The monoisotopic (exact) mass is 355 g/mol. The number of carbonyl (C=O) groups excluding carboxylic acids is 1. The average Bonchev–Trinajstić information content (AvgIpc) is 3.32. The van der Waals surface area contributed by atoms with Crippen molar-refractivity contribution in [3.63, 3.8) is 0 Å². The molecular weight excluding hydrogens is 330 g/mol. The van der Waals surface area contributed by atoms with Gasteiger partial charge in [0.25, 0.3) is 16.1 Å². The number of H-pyrrole nitrogens is 1. The van der Waals surface area contributed by atoms with Crippen LogP contribution in [0, 0.1) is 0 Å². The number of nitrogens with one attached hydrogen (secondary N) is 1. The summed E-state index contributed by atoms with van der Waals surface area (Å²) in [6.07, 6.45) is 2.30. The Morgan fingerprint density at radius 3 is 2.42 bits per heavy atom. The zero-order chi connectivity index (χ0) is 17.3. The van der Waals surface area contributed by atoms with E-state index in [0.717, 1.165) is 18.5 Å². The molecule has 24 heavy (non-hydrogen) atoms. The smallest absolute Gasteiger partial charge is 0.282 e. The molecule has 0 aromatic carbocycles. The zero-order valence-corrected chi connectivity index (χ0v) is 15.0. The van der Waals surface area contributed by atoms with Gasteiger partial charge in [-0.3, -0.25) is 9.89 Å². The van der Waals surface area contributed by atoms with Crippen molar-refractivity contribution in [2.75, 3.05) is 39.3 Å². The molecule has 0 atom stereocenters. The molecule has 1 saturated carbocycles. The van der Waals surface area contributed by atoms with E-state index in [1.807, 2.05) is 19.9 Å². The third kappa shape index (κ3) is 3.33. The standard InChI is InChI=1S/C15H25N5O3S/c1-3-19(4-2)24(22,23)20-9-7-18(8-10-20)15(21)14-11-13(16-17-14)12-5-6-12/h11-12H,3-10H2,1-2H3,(H,16,17). The molecule has 134 valence electrons. The van der Waals surface area contributed by atoms with Crippen molar-refractivity contribution >= 4 is 16.1 Å². The number of hydrogen-bond acceptors (Lipinski definition) is 4. The first-order chi connectivity index (χ1) is 11.5. The summed E-state index contributed by atoms with van der Waals surface area (Å²) < 4.78 is 27.9. The lowest BCUT2D eigenvalue weighted by molar-refractivity contribution is 0.0688. The zero-order valence-electron chi connectivity index (χ0n) is 14.2. The number of nitrogens with zero attached hydrogens (tertiary/aromatic N) is 4. The first-order valence-corrected chi connectivity index (χ1v) is 9.96. The highest BCUT2D eigenvalue weighted by Gasteiger charge is 2.33. The van der Waals surface area contributed by atoms with Crippen molar-refractivity contribution < 1.29 is 13.2 Å². The van der Waals surface area contributed by atoms with Gasteiger partial charge in [0.2, 0.25) is 0 Å². The van der Waals surface area contributed by atoms with Gasteiger partial charge in [-0.15, -0.1) is 0 Å². The Morgan fingerprint density at radius 2 is 1.88 bits per heavy atom. The second-order valence-electron chi connectivity index (χ2n) is 6.27. The molecule has 2 aliphatic rings. The summed E-state index contributed by atoms with van der Waals surface area (Å²) in [5, 5.41) is 7.06. The van der Waals surface area contributed by atoms with E-state index in [4.69, 9.17) is 0 Å². The van der Waals surface area contributed by atoms with E-state index in [-0.39, 0.29) is 5.91 Å². The summed E-state index contributed by atoms with van der Waals surface area (Å²) in [5.41, 5.74) is 1.46. The van der Waals surface area contributed by atoms with Crippen LogP contribution < -0.4 is 0 Å². The fraction of sp³-hybridized carbons (Fsp3) is 0.733. The molecule has 0 bridgehead atoms. The normalized spacial score (nSPS) is 19.9. The molecule has 1 amide bonds. The Morgan fingerprint density at radius 1 is 1.25 bits per heavy atom. The molecule has 1 aromatic heterocycles. The SMILES string of the molecule is CCN(CC)S(=O)(=O)N1CCN(C(=O)c2cc(C3CC3)[nH]n2)CC1. The van der Waals surface area contributed by atoms with Crippen LogP contribution in [-0.4, -0.2) is 77.3 Å². The van der Waals surface area contributed by atoms with Gasteiger partial charge in [0, 0.05) is 50.9 Å². The number of amides is 1. The van der Waals surface area contributed by atoms with Crippen LogP contribution in [0.3, 0.4) is 0 Å². The Kier molecular flexibility index (Phi) is 4.93. The number of aromatic nitrogens is 2. The van der Waals surface area contributed by atoms with E-state index < -0.39 is 10.2 Å². The van der Waals surface area contributed by atoms with Crippen LogP contribution in [0.2, 0.25) is 0 Å². The Labute approximate surface area is 143 Å². The summed E-state index contributed by atoms with van der Waals surface area (Å²) in [6, 6.07) is 1.83. The van der Waals surface area contributed by atoms with Crippen LogP contribution >= 0.6 is 0 Å². The predicted molar refractivity (Wildman–Crippen MR) is 89.9 cm³/mol. The molecule has 0 radical (unpaired) electrons. The highest BCUT2D eigenvalue weighted by Crippen LogP contribution is 2.39. The van der Waals surface area contributed by atoms with E-state index in [1.54, 1.807) is 4.90 Å². The number of aromatic amines is 1. The minimum atomic E-state index is -3.43. The second-order valence-corrected chi connectivity index (χ2v) is 8.19. The molecule has 2 heterocycles. The summed E-state index contributed by atoms with van der Waals surface area (Å²) in [5.74, 6) is 0.396. The quantitative estimate of drug-likeness (QED) is 0.810. The maximum atomic E-state index is 12.5. The maximum Gasteiger partial charge on any atom is 0.282 e. The lowest BCUT2D eigenvalue weighted by Crippen LogP contribution is -2.54. The van der Waals surface area contributed by atoms with Crippen LogP contribution in [0.1, 0.15) is 48.8 Å². The van der Waals surface area contributed by atoms with Gasteiger partial charge in [-0.25, -0.2) is 0 Å². The van der Waals surface area contributed by atoms with Crippen molar-refractivity contribution in [2.24, 2.45) is 0 Å². The molecule has 1 N–H and O–H groups in total. The molecule has 9 heteroatoms. The minimum Gasteiger partial charge on any atom is -0.335 e. The van der Waals surface area contributed by atoms with E-state index in [0.29, 0.717) is 50.9 Å². The molecule has 1 aliphatic heterocycles. The van der Waals surface area contributed by atoms with Gasteiger partial charge in [-0.2, -0.15) is 22.1 Å². The first-order valence-electron chi connectivity index (χ1n) is 8.57. The van der Waals surface area contributed by atoms with Gasteiger partial charge in [0.1, 0.15) is 5.69 Å². The van der Waals surface area contributed by atoms with Gasteiger partial charge >= 0.3 is 0 Å². The van der Waals surface area contributed by atoms with E-state index >= 15 is 0 Å². The fourth-order valence-electron chi connectivity index (χ4n) is 3.05. The summed E-state index contributed by atoms with van der Waals surface area (Å²) >= 11 is 0. The number of piperazine rings is 1. The van der Waals surface area contributed by atoms with Crippen LogP contribution in [0.15, 0.2) is 6.07 Å². The maximum absolute atomic E-state index is 12.5. The first kappa shape index (κ1) is 17.4. The van der Waals surface area contributed by atoms with Gasteiger partial charge in [-0.05, 0) is 18.9 Å². The van der Waals surface area contributed by atoms with E-state index in [2.05, 4.69) is 10.2 Å². The molecule has 3 rings (SSSR count). The molecular formula is C15H25N5O3S. The van der Waals surface area contributed by atoms with Crippen LogP contribution in [0.25, 0.3) is 0 Å². The van der Waals surface area contributed by atoms with Crippen LogP contribution in [0.4, 0.5) is 0 Å². The lowest BCUT2D eigenvalue weighted by atomic mass is 10.2. The molecule has 1 saturated heterocycles. The third-order valence-electron chi connectivity index (χ3n) is 4.72.